The third-order valence-corrected chi connectivity index (χ3v) is 2.47. The van der Waals surface area contributed by atoms with Crippen LogP contribution in [0.4, 0.5) is 5.82 Å². The van der Waals surface area contributed by atoms with Gasteiger partial charge >= 0.3 is 0 Å². The van der Waals surface area contributed by atoms with Gasteiger partial charge in [-0.05, 0) is 13.8 Å². The molecular weight excluding hydrogens is 214 g/mol. The number of alkyl halides is 1. The second kappa shape index (κ2) is 4.02. The van der Waals surface area contributed by atoms with Crippen LogP contribution < -0.4 is 5.32 Å². The molecule has 0 aromatic carbocycles. The highest BCUT2D eigenvalue weighted by molar-refractivity contribution is 6.18. The third-order valence-electron chi connectivity index (χ3n) is 2.01. The van der Waals surface area contributed by atoms with Crippen molar-refractivity contribution in [2.75, 3.05) is 11.2 Å². The molecule has 2 aromatic heterocycles. The maximum Gasteiger partial charge on any atom is 0.254 e. The van der Waals surface area contributed by atoms with Crippen molar-refractivity contribution in [3.8, 4) is 0 Å². The summed E-state index contributed by atoms with van der Waals surface area (Å²) >= 11 is 5.74. The quantitative estimate of drug-likeness (QED) is 0.804. The molecule has 2 rings (SSSR count). The molecule has 0 bridgehead atoms. The fourth-order valence-corrected chi connectivity index (χ4v) is 1.40. The zero-order valence-corrected chi connectivity index (χ0v) is 9.36. The number of aromatic nitrogens is 4. The molecule has 2 heterocycles. The van der Waals surface area contributed by atoms with Gasteiger partial charge < -0.3 is 5.32 Å². The van der Waals surface area contributed by atoms with E-state index in [1.54, 1.807) is 4.52 Å². The summed E-state index contributed by atoms with van der Waals surface area (Å²) in [4.78, 5) is 8.29. The highest BCUT2D eigenvalue weighted by atomic mass is 35.5. The van der Waals surface area contributed by atoms with Gasteiger partial charge in [-0.2, -0.15) is 14.6 Å². The molecule has 0 aliphatic rings. The third kappa shape index (κ3) is 2.02. The monoisotopic (exact) mass is 225 g/mol. The van der Waals surface area contributed by atoms with Gasteiger partial charge in [0.05, 0.1) is 0 Å². The maximum atomic E-state index is 5.74. The molecule has 1 atom stereocenters. The van der Waals surface area contributed by atoms with Crippen LogP contribution in [0.3, 0.4) is 0 Å². The summed E-state index contributed by atoms with van der Waals surface area (Å²) < 4.78 is 1.66. The first kappa shape index (κ1) is 10.2. The van der Waals surface area contributed by atoms with Crippen LogP contribution in [0.1, 0.15) is 12.6 Å². The lowest BCUT2D eigenvalue weighted by molar-refractivity contribution is 0.852. The Morgan fingerprint density at radius 3 is 3.13 bits per heavy atom. The van der Waals surface area contributed by atoms with Crippen molar-refractivity contribution in [1.82, 2.24) is 19.6 Å². The van der Waals surface area contributed by atoms with Gasteiger partial charge in [0.25, 0.3) is 5.78 Å². The number of nitrogens with zero attached hydrogens (tertiary/aromatic N) is 4. The normalized spacial score (nSPS) is 13.0. The van der Waals surface area contributed by atoms with Crippen LogP contribution in [-0.2, 0) is 0 Å². The zero-order chi connectivity index (χ0) is 10.8. The van der Waals surface area contributed by atoms with Crippen molar-refractivity contribution >= 4 is 23.2 Å². The summed E-state index contributed by atoms with van der Waals surface area (Å²) in [5.74, 6) is 2.00. The Hall–Kier alpha value is -1.36. The first-order valence-electron chi connectivity index (χ1n) is 4.70. The summed E-state index contributed by atoms with van der Waals surface area (Å²) in [6.45, 7) is 3.93. The van der Waals surface area contributed by atoms with Crippen LogP contribution in [0.2, 0.25) is 0 Å². The molecule has 80 valence electrons. The van der Waals surface area contributed by atoms with Crippen LogP contribution in [0.25, 0.3) is 5.78 Å². The highest BCUT2D eigenvalue weighted by Gasteiger charge is 2.07. The minimum absolute atomic E-state index is 0.181. The Labute approximate surface area is 92.5 Å². The van der Waals surface area contributed by atoms with E-state index in [0.29, 0.717) is 11.7 Å². The first-order chi connectivity index (χ1) is 7.20. The Morgan fingerprint density at radius 2 is 2.40 bits per heavy atom. The van der Waals surface area contributed by atoms with E-state index in [0.717, 1.165) is 11.5 Å². The molecule has 6 heteroatoms. The predicted octanol–water partition coefficient (Wildman–Crippen LogP) is 1.47. The summed E-state index contributed by atoms with van der Waals surface area (Å²) in [6, 6.07) is 2.10. The average molecular weight is 226 g/mol. The van der Waals surface area contributed by atoms with Crippen molar-refractivity contribution < 1.29 is 0 Å². The van der Waals surface area contributed by atoms with Gasteiger partial charge in [-0.1, -0.05) is 0 Å². The molecule has 1 N–H and O–H groups in total. The molecule has 0 aliphatic carbocycles. The van der Waals surface area contributed by atoms with Crippen molar-refractivity contribution in [3.05, 3.63) is 18.1 Å². The number of halogens is 1. The summed E-state index contributed by atoms with van der Waals surface area (Å²) in [6.07, 6.45) is 1.48. The van der Waals surface area contributed by atoms with Crippen molar-refractivity contribution in [3.63, 3.8) is 0 Å². The van der Waals surface area contributed by atoms with Crippen LogP contribution >= 0.6 is 11.6 Å². The molecule has 0 amide bonds. The molecule has 1 unspecified atom stereocenters. The number of rotatable bonds is 3. The van der Waals surface area contributed by atoms with Gasteiger partial charge in [-0.15, -0.1) is 11.6 Å². The smallest absolute Gasteiger partial charge is 0.254 e. The van der Waals surface area contributed by atoms with Crippen LogP contribution in [0, 0.1) is 6.92 Å². The summed E-state index contributed by atoms with van der Waals surface area (Å²) in [5.41, 5.74) is 0.903. The molecule has 0 radical (unpaired) electrons. The lowest BCUT2D eigenvalue weighted by Crippen LogP contribution is -2.19. The lowest BCUT2D eigenvalue weighted by Gasteiger charge is -2.12. The van der Waals surface area contributed by atoms with Crippen molar-refractivity contribution in [2.45, 2.75) is 19.9 Å². The van der Waals surface area contributed by atoms with Gasteiger partial charge in [0.1, 0.15) is 12.1 Å². The topological polar surface area (TPSA) is 55.1 Å². The van der Waals surface area contributed by atoms with E-state index in [2.05, 4.69) is 20.4 Å². The Bertz CT molecular complexity index is 466. The van der Waals surface area contributed by atoms with E-state index >= 15 is 0 Å². The molecule has 0 spiro atoms. The number of nitrogens with one attached hydrogen (secondary N) is 1. The van der Waals surface area contributed by atoms with Crippen molar-refractivity contribution in [2.24, 2.45) is 0 Å². The first-order valence-corrected chi connectivity index (χ1v) is 5.24. The second-order valence-electron chi connectivity index (χ2n) is 3.45. The number of hydrogen-bond acceptors (Lipinski definition) is 4. The summed E-state index contributed by atoms with van der Waals surface area (Å²) in [7, 11) is 0. The van der Waals surface area contributed by atoms with E-state index < -0.39 is 0 Å². The minimum atomic E-state index is 0.181. The number of aryl methyl sites for hydroxylation is 1. The number of fused-ring (bicyclic) bond motifs is 1. The molecule has 0 saturated carbocycles. The van der Waals surface area contributed by atoms with Crippen molar-refractivity contribution in [1.29, 1.82) is 0 Å². The average Bonchev–Trinajstić information content (AvgIpc) is 2.65. The number of anilines is 1. The fourth-order valence-electron chi connectivity index (χ4n) is 1.32. The molecule has 0 fully saturated rings. The lowest BCUT2D eigenvalue weighted by atomic mass is 10.3. The predicted molar refractivity (Wildman–Crippen MR) is 59.3 cm³/mol. The van der Waals surface area contributed by atoms with Gasteiger partial charge in [0.2, 0.25) is 0 Å². The maximum absolute atomic E-state index is 5.74. The van der Waals surface area contributed by atoms with E-state index in [9.17, 15) is 0 Å². The zero-order valence-electron chi connectivity index (χ0n) is 8.61. The van der Waals surface area contributed by atoms with Crippen LogP contribution in [0.5, 0.6) is 0 Å². The van der Waals surface area contributed by atoms with E-state index in [-0.39, 0.29) is 6.04 Å². The van der Waals surface area contributed by atoms with Gasteiger partial charge in [0.15, 0.2) is 0 Å². The highest BCUT2D eigenvalue weighted by Crippen LogP contribution is 2.11. The van der Waals surface area contributed by atoms with E-state index in [4.69, 9.17) is 11.6 Å². The van der Waals surface area contributed by atoms with E-state index in [1.165, 1.54) is 6.33 Å². The Balaban J connectivity index is 2.44. The molecule has 0 saturated heterocycles. The van der Waals surface area contributed by atoms with E-state index in [1.807, 2.05) is 19.9 Å². The van der Waals surface area contributed by atoms with Gasteiger partial charge in [-0.25, -0.2) is 4.98 Å². The standard InChI is InChI=1S/C9H12ClN5/c1-6-3-8(13-7(2)4-10)15-9(14-6)11-5-12-15/h3,5,7,13H,4H2,1-2H3. The molecule has 5 nitrogen and oxygen atoms in total. The largest absolute Gasteiger partial charge is 0.366 e. The molecular formula is C9H12ClN5. The minimum Gasteiger partial charge on any atom is -0.366 e. The number of hydrogen-bond donors (Lipinski definition) is 1. The Morgan fingerprint density at radius 1 is 1.60 bits per heavy atom. The van der Waals surface area contributed by atoms with Crippen LogP contribution in [-0.4, -0.2) is 31.5 Å². The molecule has 0 aliphatic heterocycles. The second-order valence-corrected chi connectivity index (χ2v) is 3.76. The van der Waals surface area contributed by atoms with Crippen LogP contribution in [0.15, 0.2) is 12.4 Å². The summed E-state index contributed by atoms with van der Waals surface area (Å²) in [5, 5.41) is 7.33. The van der Waals surface area contributed by atoms with Gasteiger partial charge in [-0.3, -0.25) is 0 Å². The van der Waals surface area contributed by atoms with Gasteiger partial charge in [0, 0.05) is 23.7 Å². The Kier molecular flexibility index (Phi) is 2.73. The molecule has 15 heavy (non-hydrogen) atoms. The molecule has 2 aromatic rings. The SMILES string of the molecule is Cc1cc(NC(C)CCl)n2ncnc2n1. The fraction of sp³-hybridized carbons (Fsp3) is 0.444.